The van der Waals surface area contributed by atoms with Crippen LogP contribution < -0.4 is 10.4 Å². The lowest BCUT2D eigenvalue weighted by molar-refractivity contribution is 0.312. The number of aromatic nitrogens is 5. The molecule has 3 aromatic rings. The quantitative estimate of drug-likeness (QED) is 0.772. The molecule has 3 aromatic heterocycles. The maximum Gasteiger partial charge on any atom is 0.343 e. The van der Waals surface area contributed by atoms with Crippen LogP contribution >= 0.6 is 11.3 Å². The average Bonchev–Trinajstić information content (AvgIpc) is 3.11. The maximum atomic E-state index is 11.4. The van der Waals surface area contributed by atoms with Crippen LogP contribution in [0.15, 0.2) is 35.6 Å². The topological polar surface area (TPSA) is 85.7 Å². The highest BCUT2D eigenvalue weighted by Gasteiger charge is 2.06. The van der Waals surface area contributed by atoms with Gasteiger partial charge >= 0.3 is 11.7 Å². The molecule has 108 valence electrons. The van der Waals surface area contributed by atoms with Crippen molar-refractivity contribution in [2.45, 2.75) is 13.5 Å². The first-order chi connectivity index (χ1) is 10.3. The summed E-state index contributed by atoms with van der Waals surface area (Å²) in [6.45, 7) is 2.93. The molecule has 0 aliphatic rings. The second-order valence-electron chi connectivity index (χ2n) is 4.24. The molecule has 21 heavy (non-hydrogen) atoms. The van der Waals surface area contributed by atoms with E-state index >= 15 is 0 Å². The Labute approximate surface area is 124 Å². The second kappa shape index (κ2) is 5.88. The van der Waals surface area contributed by atoms with Crippen LogP contribution in [-0.4, -0.2) is 31.3 Å². The summed E-state index contributed by atoms with van der Waals surface area (Å²) in [7, 11) is 0. The van der Waals surface area contributed by atoms with Crippen molar-refractivity contribution in [1.82, 2.24) is 24.7 Å². The van der Waals surface area contributed by atoms with Gasteiger partial charge in [0.2, 0.25) is 0 Å². The number of aromatic amines is 1. The van der Waals surface area contributed by atoms with Crippen molar-refractivity contribution in [2.24, 2.45) is 0 Å². The van der Waals surface area contributed by atoms with Crippen LogP contribution in [0.5, 0.6) is 6.01 Å². The fourth-order valence-corrected chi connectivity index (χ4v) is 2.80. The summed E-state index contributed by atoms with van der Waals surface area (Å²) in [5.41, 5.74) is 0.712. The first-order valence-electron chi connectivity index (χ1n) is 6.40. The van der Waals surface area contributed by atoms with Crippen LogP contribution in [0.1, 0.15) is 11.8 Å². The van der Waals surface area contributed by atoms with E-state index in [0.717, 1.165) is 15.3 Å². The minimum absolute atomic E-state index is 0.214. The zero-order chi connectivity index (χ0) is 14.7. The molecule has 0 saturated heterocycles. The molecule has 0 spiro atoms. The maximum absolute atomic E-state index is 11.4. The number of nitrogens with one attached hydrogen (secondary N) is 1. The predicted molar refractivity (Wildman–Crippen MR) is 78.5 cm³/mol. The second-order valence-corrected chi connectivity index (χ2v) is 5.41. The van der Waals surface area contributed by atoms with Gasteiger partial charge in [-0.15, -0.1) is 11.3 Å². The molecule has 3 rings (SSSR count). The summed E-state index contributed by atoms with van der Waals surface area (Å²) in [4.78, 5) is 21.8. The monoisotopic (exact) mass is 303 g/mol. The highest BCUT2D eigenvalue weighted by Crippen LogP contribution is 2.27. The standard InChI is InChI=1S/C13H13N5O2S/c1-2-20-12-14-5-9(6-15-12)11-4-3-10(21-11)7-18-8-16-17-13(18)19/h3-6,8H,2,7H2,1H3,(H,17,19). The van der Waals surface area contributed by atoms with E-state index in [1.165, 1.54) is 10.9 Å². The Morgan fingerprint density at radius 2 is 2.14 bits per heavy atom. The minimum atomic E-state index is -0.214. The number of thiophene rings is 1. The van der Waals surface area contributed by atoms with Crippen molar-refractivity contribution >= 4 is 11.3 Å². The molecule has 3 heterocycles. The fraction of sp³-hybridized carbons (Fsp3) is 0.231. The highest BCUT2D eigenvalue weighted by molar-refractivity contribution is 7.15. The summed E-state index contributed by atoms with van der Waals surface area (Å²) in [6, 6.07) is 4.35. The van der Waals surface area contributed by atoms with Gasteiger partial charge in [-0.05, 0) is 19.1 Å². The summed E-state index contributed by atoms with van der Waals surface area (Å²) in [6.07, 6.45) is 4.96. The van der Waals surface area contributed by atoms with Crippen molar-refractivity contribution in [3.8, 4) is 16.5 Å². The lowest BCUT2D eigenvalue weighted by Gasteiger charge is -2.01. The van der Waals surface area contributed by atoms with Gasteiger partial charge in [0.1, 0.15) is 6.33 Å². The predicted octanol–water partition coefficient (Wildman–Crippen LogP) is 1.54. The first-order valence-corrected chi connectivity index (χ1v) is 7.21. The largest absolute Gasteiger partial charge is 0.464 e. The van der Waals surface area contributed by atoms with E-state index in [1.807, 2.05) is 19.1 Å². The molecule has 0 radical (unpaired) electrons. The van der Waals surface area contributed by atoms with E-state index in [-0.39, 0.29) is 5.69 Å². The third-order valence-corrected chi connectivity index (χ3v) is 3.91. The number of hydrogen-bond donors (Lipinski definition) is 1. The molecule has 0 aromatic carbocycles. The molecule has 0 aliphatic heterocycles. The van der Waals surface area contributed by atoms with Crippen molar-refractivity contribution in [1.29, 1.82) is 0 Å². The molecule has 0 atom stereocenters. The van der Waals surface area contributed by atoms with Gasteiger partial charge in [-0.2, -0.15) is 5.10 Å². The molecule has 0 unspecified atom stereocenters. The molecule has 0 saturated carbocycles. The molecule has 7 nitrogen and oxygen atoms in total. The van der Waals surface area contributed by atoms with Gasteiger partial charge in [0, 0.05) is 27.7 Å². The number of hydrogen-bond acceptors (Lipinski definition) is 6. The highest BCUT2D eigenvalue weighted by atomic mass is 32.1. The number of rotatable bonds is 5. The Morgan fingerprint density at radius 3 is 2.81 bits per heavy atom. The molecule has 0 bridgehead atoms. The van der Waals surface area contributed by atoms with Gasteiger partial charge in [0.05, 0.1) is 13.2 Å². The van der Waals surface area contributed by atoms with E-state index in [2.05, 4.69) is 20.2 Å². The first kappa shape index (κ1) is 13.5. The number of H-pyrrole nitrogens is 1. The Balaban J connectivity index is 1.78. The lowest BCUT2D eigenvalue weighted by atomic mass is 10.3. The van der Waals surface area contributed by atoms with E-state index in [9.17, 15) is 4.79 Å². The smallest absolute Gasteiger partial charge is 0.343 e. The van der Waals surface area contributed by atoms with Crippen LogP contribution in [0, 0.1) is 0 Å². The van der Waals surface area contributed by atoms with Crippen LogP contribution in [0.4, 0.5) is 0 Å². The molecule has 0 aliphatic carbocycles. The summed E-state index contributed by atoms with van der Waals surface area (Å²) < 4.78 is 6.74. The minimum Gasteiger partial charge on any atom is -0.464 e. The van der Waals surface area contributed by atoms with E-state index < -0.39 is 0 Å². The molecule has 0 fully saturated rings. The van der Waals surface area contributed by atoms with E-state index in [4.69, 9.17) is 4.74 Å². The Hall–Kier alpha value is -2.48. The molecule has 1 N–H and O–H groups in total. The number of ether oxygens (including phenoxy) is 1. The van der Waals surface area contributed by atoms with Crippen LogP contribution in [0.3, 0.4) is 0 Å². The van der Waals surface area contributed by atoms with E-state index in [0.29, 0.717) is 19.2 Å². The van der Waals surface area contributed by atoms with Crippen LogP contribution in [0.2, 0.25) is 0 Å². The molecular weight excluding hydrogens is 290 g/mol. The third-order valence-electron chi connectivity index (χ3n) is 2.79. The Morgan fingerprint density at radius 1 is 1.33 bits per heavy atom. The van der Waals surface area contributed by atoms with Gasteiger partial charge in [-0.3, -0.25) is 4.57 Å². The Kier molecular flexibility index (Phi) is 3.78. The fourth-order valence-electron chi connectivity index (χ4n) is 1.82. The van der Waals surface area contributed by atoms with Crippen LogP contribution in [0.25, 0.3) is 10.4 Å². The van der Waals surface area contributed by atoms with Crippen molar-refractivity contribution in [3.63, 3.8) is 0 Å². The lowest BCUT2D eigenvalue weighted by Crippen LogP contribution is -2.16. The normalized spacial score (nSPS) is 10.7. The van der Waals surface area contributed by atoms with Crippen molar-refractivity contribution < 1.29 is 4.74 Å². The van der Waals surface area contributed by atoms with Gasteiger partial charge in [0.15, 0.2) is 0 Å². The zero-order valence-corrected chi connectivity index (χ0v) is 12.1. The van der Waals surface area contributed by atoms with Crippen molar-refractivity contribution in [2.75, 3.05) is 6.61 Å². The summed E-state index contributed by atoms with van der Waals surface area (Å²) >= 11 is 1.59. The van der Waals surface area contributed by atoms with Gasteiger partial charge in [-0.1, -0.05) is 0 Å². The van der Waals surface area contributed by atoms with E-state index in [1.54, 1.807) is 23.7 Å². The molecule has 8 heteroatoms. The summed E-state index contributed by atoms with van der Waals surface area (Å²) in [5.74, 6) is 0. The number of nitrogens with zero attached hydrogens (tertiary/aromatic N) is 4. The SMILES string of the molecule is CCOc1ncc(-c2ccc(Cn3cn[nH]c3=O)s2)cn1. The van der Waals surface area contributed by atoms with Crippen LogP contribution in [-0.2, 0) is 6.54 Å². The zero-order valence-electron chi connectivity index (χ0n) is 11.3. The van der Waals surface area contributed by atoms with Gasteiger partial charge < -0.3 is 4.74 Å². The molecule has 0 amide bonds. The van der Waals surface area contributed by atoms with Gasteiger partial charge in [0.25, 0.3) is 0 Å². The van der Waals surface area contributed by atoms with Gasteiger partial charge in [-0.25, -0.2) is 19.9 Å². The average molecular weight is 303 g/mol. The van der Waals surface area contributed by atoms with Crippen molar-refractivity contribution in [3.05, 3.63) is 46.2 Å². The summed E-state index contributed by atoms with van der Waals surface area (Å²) in [5, 5.41) is 6.08. The Bertz CT molecular complexity index is 774. The molecular formula is C13H13N5O2S. The third kappa shape index (κ3) is 3.00.